The summed E-state index contributed by atoms with van der Waals surface area (Å²) in [6, 6.07) is 32.8. The average molecular weight is 499 g/mol. The largest absolute Gasteiger partial charge is 0.240 e. The van der Waals surface area contributed by atoms with E-state index in [0.717, 1.165) is 38.8 Å². The molecule has 0 aliphatic heterocycles. The first-order chi connectivity index (χ1) is 18.2. The molecular formula is C31H19FN4S. The minimum atomic E-state index is -0.298. The molecule has 0 saturated carbocycles. The first-order valence-electron chi connectivity index (χ1n) is 11.7. The number of para-hydroxylation sites is 1. The molecule has 0 unspecified atom stereocenters. The molecule has 0 amide bonds. The van der Waals surface area contributed by atoms with Crippen molar-refractivity contribution in [2.75, 3.05) is 0 Å². The highest BCUT2D eigenvalue weighted by atomic mass is 32.1. The summed E-state index contributed by atoms with van der Waals surface area (Å²) in [5.41, 5.74) is 5.45. The lowest BCUT2D eigenvalue weighted by Crippen LogP contribution is -1.94. The molecule has 37 heavy (non-hydrogen) atoms. The highest BCUT2D eigenvalue weighted by Crippen LogP contribution is 2.34. The van der Waals surface area contributed by atoms with Crippen LogP contribution in [0.15, 0.2) is 109 Å². The quantitative estimate of drug-likeness (QED) is 0.226. The van der Waals surface area contributed by atoms with Gasteiger partial charge in [0.25, 0.3) is 0 Å². The average Bonchev–Trinajstić information content (AvgIpc) is 3.60. The summed E-state index contributed by atoms with van der Waals surface area (Å²) in [5.74, 6) is -0.298. The zero-order chi connectivity index (χ0) is 25.2. The van der Waals surface area contributed by atoms with Crippen LogP contribution >= 0.6 is 11.3 Å². The summed E-state index contributed by atoms with van der Waals surface area (Å²) >= 11 is 1.39. The summed E-state index contributed by atoms with van der Waals surface area (Å²) in [6.45, 7) is 0. The van der Waals surface area contributed by atoms with E-state index in [1.807, 2.05) is 70.9 Å². The van der Waals surface area contributed by atoms with Gasteiger partial charge in [-0.2, -0.15) is 10.4 Å². The smallest absolute Gasteiger partial charge is 0.134 e. The van der Waals surface area contributed by atoms with Crippen LogP contribution in [0, 0.1) is 17.1 Å². The van der Waals surface area contributed by atoms with Crippen LogP contribution in [0.4, 0.5) is 4.39 Å². The van der Waals surface area contributed by atoms with Crippen LogP contribution in [0.3, 0.4) is 0 Å². The van der Waals surface area contributed by atoms with E-state index in [4.69, 9.17) is 5.10 Å². The van der Waals surface area contributed by atoms with E-state index in [0.29, 0.717) is 16.3 Å². The summed E-state index contributed by atoms with van der Waals surface area (Å²) in [4.78, 5) is 4.67. The molecule has 6 aromatic rings. The van der Waals surface area contributed by atoms with Crippen molar-refractivity contribution < 1.29 is 4.39 Å². The Bertz CT molecular complexity index is 1790. The molecule has 4 nitrogen and oxygen atoms in total. The van der Waals surface area contributed by atoms with E-state index < -0.39 is 0 Å². The highest BCUT2D eigenvalue weighted by molar-refractivity contribution is 7.11. The van der Waals surface area contributed by atoms with Crippen LogP contribution < -0.4 is 0 Å². The Kier molecular flexibility index (Phi) is 5.89. The fraction of sp³-hybridized carbons (Fsp3) is 0. The second-order valence-corrected chi connectivity index (χ2v) is 9.31. The van der Waals surface area contributed by atoms with E-state index in [-0.39, 0.29) is 5.82 Å². The standard InChI is InChI=1S/C31H19FN4S/c32-25-15-13-22(14-16-25)29-20-37-31(34-29)23(18-33)17-24-19-36(26-9-2-1-3-10-26)35-30(24)28-12-6-8-21-7-4-5-11-27(21)28/h1-17,19-20H. The number of benzene rings is 4. The lowest BCUT2D eigenvalue weighted by molar-refractivity contribution is 0.628. The van der Waals surface area contributed by atoms with E-state index in [2.05, 4.69) is 35.3 Å². The Labute approximate surface area is 217 Å². The number of allylic oxidation sites excluding steroid dienone is 1. The number of nitrogens with zero attached hydrogens (tertiary/aromatic N) is 4. The van der Waals surface area contributed by atoms with E-state index in [1.54, 1.807) is 12.1 Å². The van der Waals surface area contributed by atoms with E-state index in [9.17, 15) is 9.65 Å². The zero-order valence-corrected chi connectivity index (χ0v) is 20.4. The molecule has 0 atom stereocenters. The molecule has 4 aromatic carbocycles. The molecule has 0 fully saturated rings. The molecule has 0 radical (unpaired) electrons. The minimum Gasteiger partial charge on any atom is -0.240 e. The van der Waals surface area contributed by atoms with Gasteiger partial charge in [0.05, 0.1) is 17.0 Å². The molecule has 176 valence electrons. The molecule has 2 heterocycles. The fourth-order valence-electron chi connectivity index (χ4n) is 4.30. The number of hydrogen-bond donors (Lipinski definition) is 0. The van der Waals surface area contributed by atoms with Crippen LogP contribution in [-0.4, -0.2) is 14.8 Å². The number of hydrogen-bond acceptors (Lipinski definition) is 4. The maximum Gasteiger partial charge on any atom is 0.134 e. The molecule has 6 heteroatoms. The van der Waals surface area contributed by atoms with Crippen molar-refractivity contribution in [3.8, 4) is 34.3 Å². The SMILES string of the molecule is N#CC(=Cc1cn(-c2ccccc2)nc1-c1cccc2ccccc12)c1nc(-c2ccc(F)cc2)cs1. The van der Waals surface area contributed by atoms with Crippen LogP contribution in [0.2, 0.25) is 0 Å². The van der Waals surface area contributed by atoms with Crippen molar-refractivity contribution in [2.24, 2.45) is 0 Å². The van der Waals surface area contributed by atoms with Gasteiger partial charge >= 0.3 is 0 Å². The van der Waals surface area contributed by atoms with Gasteiger partial charge in [0.15, 0.2) is 0 Å². The van der Waals surface area contributed by atoms with Gasteiger partial charge in [-0.3, -0.25) is 0 Å². The predicted octanol–water partition coefficient (Wildman–Crippen LogP) is 8.02. The fourth-order valence-corrected chi connectivity index (χ4v) is 5.09. The number of aromatic nitrogens is 3. The van der Waals surface area contributed by atoms with Crippen molar-refractivity contribution in [3.63, 3.8) is 0 Å². The Balaban J connectivity index is 1.49. The molecular weight excluding hydrogens is 479 g/mol. The Morgan fingerprint density at radius 3 is 2.46 bits per heavy atom. The zero-order valence-electron chi connectivity index (χ0n) is 19.5. The summed E-state index contributed by atoms with van der Waals surface area (Å²) in [5, 5.41) is 19.7. The van der Waals surface area contributed by atoms with Gasteiger partial charge in [0.2, 0.25) is 0 Å². The molecule has 2 aromatic heterocycles. The first-order valence-corrected chi connectivity index (χ1v) is 12.5. The number of halogens is 1. The number of fused-ring (bicyclic) bond motifs is 1. The molecule has 6 rings (SSSR count). The van der Waals surface area contributed by atoms with Gasteiger partial charge in [-0.1, -0.05) is 60.7 Å². The van der Waals surface area contributed by atoms with Crippen molar-refractivity contribution in [2.45, 2.75) is 0 Å². The second-order valence-electron chi connectivity index (χ2n) is 8.45. The van der Waals surface area contributed by atoms with Crippen molar-refractivity contribution >= 4 is 33.8 Å². The van der Waals surface area contributed by atoms with Gasteiger partial charge in [-0.25, -0.2) is 14.1 Å². The normalized spacial score (nSPS) is 11.5. The molecule has 0 spiro atoms. The van der Waals surface area contributed by atoms with Crippen molar-refractivity contribution in [1.29, 1.82) is 5.26 Å². The van der Waals surface area contributed by atoms with Gasteiger partial charge < -0.3 is 0 Å². The van der Waals surface area contributed by atoms with Crippen LogP contribution in [0.5, 0.6) is 0 Å². The lowest BCUT2D eigenvalue weighted by Gasteiger charge is -2.05. The molecule has 0 aliphatic carbocycles. The Morgan fingerprint density at radius 2 is 1.65 bits per heavy atom. The van der Waals surface area contributed by atoms with Gasteiger partial charge in [0.1, 0.15) is 22.6 Å². The third kappa shape index (κ3) is 4.44. The number of thiazole rings is 1. The third-order valence-electron chi connectivity index (χ3n) is 6.10. The van der Waals surface area contributed by atoms with Crippen molar-refractivity contribution in [3.05, 3.63) is 125 Å². The monoisotopic (exact) mass is 498 g/mol. The van der Waals surface area contributed by atoms with Crippen LogP contribution in [0.1, 0.15) is 10.6 Å². The minimum absolute atomic E-state index is 0.298. The topological polar surface area (TPSA) is 54.5 Å². The lowest BCUT2D eigenvalue weighted by atomic mass is 9.99. The molecule has 0 N–H and O–H groups in total. The highest BCUT2D eigenvalue weighted by Gasteiger charge is 2.16. The molecule has 0 bridgehead atoms. The van der Waals surface area contributed by atoms with E-state index in [1.165, 1.54) is 23.5 Å². The molecule has 0 saturated heterocycles. The molecule has 0 aliphatic rings. The van der Waals surface area contributed by atoms with Crippen LogP contribution in [-0.2, 0) is 0 Å². The van der Waals surface area contributed by atoms with Crippen LogP contribution in [0.25, 0.3) is 50.6 Å². The number of nitriles is 1. The first kappa shape index (κ1) is 22.6. The maximum absolute atomic E-state index is 13.4. The Morgan fingerprint density at radius 1 is 0.892 bits per heavy atom. The maximum atomic E-state index is 13.4. The predicted molar refractivity (Wildman–Crippen MR) is 147 cm³/mol. The summed E-state index contributed by atoms with van der Waals surface area (Å²) in [6.07, 6.45) is 3.79. The van der Waals surface area contributed by atoms with Crippen molar-refractivity contribution in [1.82, 2.24) is 14.8 Å². The summed E-state index contributed by atoms with van der Waals surface area (Å²) in [7, 11) is 0. The summed E-state index contributed by atoms with van der Waals surface area (Å²) < 4.78 is 15.2. The number of rotatable bonds is 5. The third-order valence-corrected chi connectivity index (χ3v) is 6.98. The Hall–Kier alpha value is -4.86. The van der Waals surface area contributed by atoms with Gasteiger partial charge in [-0.05, 0) is 53.2 Å². The van der Waals surface area contributed by atoms with E-state index >= 15 is 0 Å². The van der Waals surface area contributed by atoms with Gasteiger partial charge in [0, 0.05) is 28.3 Å². The second kappa shape index (κ2) is 9.65. The van der Waals surface area contributed by atoms with Gasteiger partial charge in [-0.15, -0.1) is 11.3 Å².